The summed E-state index contributed by atoms with van der Waals surface area (Å²) in [6.07, 6.45) is 2.39. The molecule has 0 unspecified atom stereocenters. The minimum absolute atomic E-state index is 0.155. The molecule has 1 aromatic carbocycles. The molecular weight excluding hydrogens is 426 g/mol. The summed E-state index contributed by atoms with van der Waals surface area (Å²) in [5.74, 6) is 0.457. The summed E-state index contributed by atoms with van der Waals surface area (Å²) in [5, 5.41) is 4.17. The molecule has 0 aliphatic heterocycles. The van der Waals surface area contributed by atoms with E-state index >= 15 is 0 Å². The quantitative estimate of drug-likeness (QED) is 0.416. The fourth-order valence-corrected chi connectivity index (χ4v) is 3.93. The summed E-state index contributed by atoms with van der Waals surface area (Å²) in [6, 6.07) is 13.3. The van der Waals surface area contributed by atoms with Crippen LogP contribution in [0.1, 0.15) is 12.1 Å². The van der Waals surface area contributed by atoms with Gasteiger partial charge < -0.3 is 10.1 Å². The number of hydrogen-bond acceptors (Lipinski definition) is 6. The van der Waals surface area contributed by atoms with Crippen LogP contribution < -0.4 is 10.9 Å². The number of benzene rings is 1. The van der Waals surface area contributed by atoms with Crippen molar-refractivity contribution in [2.75, 3.05) is 26.1 Å². The Balaban J connectivity index is 1.85. The number of nitrogens with zero attached hydrogens (tertiary/aromatic N) is 4. The Hall–Kier alpha value is -3.29. The van der Waals surface area contributed by atoms with Crippen LogP contribution in [0.5, 0.6) is 0 Å². The van der Waals surface area contributed by atoms with Gasteiger partial charge >= 0.3 is 0 Å². The van der Waals surface area contributed by atoms with Crippen molar-refractivity contribution >= 4 is 28.6 Å². The molecule has 1 N–H and O–H groups in total. The smallest absolute Gasteiger partial charge is 0.260 e. The van der Waals surface area contributed by atoms with Gasteiger partial charge in [0.2, 0.25) is 5.95 Å². The van der Waals surface area contributed by atoms with E-state index in [1.165, 1.54) is 0 Å². The summed E-state index contributed by atoms with van der Waals surface area (Å²) in [5.41, 5.74) is 4.24. The number of methoxy groups -OCH3 is 1. The van der Waals surface area contributed by atoms with Gasteiger partial charge in [-0.3, -0.25) is 14.3 Å². The van der Waals surface area contributed by atoms with Crippen LogP contribution in [0.3, 0.4) is 0 Å². The third-order valence-electron chi connectivity index (χ3n) is 5.22. The third kappa shape index (κ3) is 4.35. The van der Waals surface area contributed by atoms with E-state index in [0.717, 1.165) is 22.3 Å². The molecule has 0 amide bonds. The first-order valence-corrected chi connectivity index (χ1v) is 10.7. The number of ether oxygens (including phenoxy) is 1. The SMILES string of the molecule is CNc1ncc2cc(-c3ccc(-c4cccc(C)n4)cc3Cl)c(=O)n(CCCOC)c2n1. The van der Waals surface area contributed by atoms with Gasteiger partial charge in [-0.2, -0.15) is 4.98 Å². The Labute approximate surface area is 191 Å². The summed E-state index contributed by atoms with van der Waals surface area (Å²) in [7, 11) is 3.39. The van der Waals surface area contributed by atoms with E-state index in [2.05, 4.69) is 20.3 Å². The third-order valence-corrected chi connectivity index (χ3v) is 5.54. The number of halogens is 1. The molecule has 0 saturated carbocycles. The molecule has 0 saturated heterocycles. The molecule has 7 nitrogen and oxygen atoms in total. The zero-order valence-electron chi connectivity index (χ0n) is 18.2. The van der Waals surface area contributed by atoms with Crippen LogP contribution in [0.15, 0.2) is 53.5 Å². The first kappa shape index (κ1) is 21.9. The molecule has 3 heterocycles. The lowest BCUT2D eigenvalue weighted by atomic mass is 10.0. The lowest BCUT2D eigenvalue weighted by molar-refractivity contribution is 0.190. The first-order chi connectivity index (χ1) is 15.5. The fourth-order valence-electron chi connectivity index (χ4n) is 3.64. The standard InChI is InChI=1S/C24H24ClN5O2/c1-15-6-4-7-21(28-15)16-8-9-18(20(25)13-16)19-12-17-14-27-24(26-2)29-22(17)30(23(19)31)10-5-11-32-3/h4,6-9,12-14H,5,10-11H2,1-3H3,(H,26,27,29). The molecular formula is C24H24ClN5O2. The summed E-state index contributed by atoms with van der Waals surface area (Å²) in [4.78, 5) is 26.9. The largest absolute Gasteiger partial charge is 0.385 e. The van der Waals surface area contributed by atoms with Gasteiger partial charge in [-0.25, -0.2) is 4.98 Å². The highest BCUT2D eigenvalue weighted by atomic mass is 35.5. The van der Waals surface area contributed by atoms with Gasteiger partial charge in [-0.05, 0) is 37.6 Å². The maximum atomic E-state index is 13.5. The van der Waals surface area contributed by atoms with Crippen molar-refractivity contribution in [3.05, 3.63) is 69.7 Å². The zero-order valence-corrected chi connectivity index (χ0v) is 19.0. The van der Waals surface area contributed by atoms with Crippen molar-refractivity contribution in [3.63, 3.8) is 0 Å². The van der Waals surface area contributed by atoms with Gasteiger partial charge in [0.15, 0.2) is 0 Å². The van der Waals surface area contributed by atoms with Crippen LogP contribution in [0.4, 0.5) is 5.95 Å². The van der Waals surface area contributed by atoms with E-state index in [1.54, 1.807) is 31.0 Å². The molecule has 8 heteroatoms. The summed E-state index contributed by atoms with van der Waals surface area (Å²) in [6.45, 7) is 2.96. The molecule has 0 fully saturated rings. The average Bonchev–Trinajstić information content (AvgIpc) is 2.80. The minimum atomic E-state index is -0.155. The van der Waals surface area contributed by atoms with Gasteiger partial charge in [-0.1, -0.05) is 29.8 Å². The maximum Gasteiger partial charge on any atom is 0.260 e. The van der Waals surface area contributed by atoms with E-state index in [-0.39, 0.29) is 5.56 Å². The van der Waals surface area contributed by atoms with E-state index in [0.29, 0.717) is 47.3 Å². The number of fused-ring (bicyclic) bond motifs is 1. The van der Waals surface area contributed by atoms with Crippen molar-refractivity contribution in [1.82, 2.24) is 19.5 Å². The number of pyridine rings is 2. The van der Waals surface area contributed by atoms with Crippen molar-refractivity contribution in [1.29, 1.82) is 0 Å². The van der Waals surface area contributed by atoms with Crippen molar-refractivity contribution < 1.29 is 4.74 Å². The highest BCUT2D eigenvalue weighted by Crippen LogP contribution is 2.31. The number of rotatable bonds is 7. The first-order valence-electron chi connectivity index (χ1n) is 10.3. The predicted molar refractivity (Wildman–Crippen MR) is 128 cm³/mol. The number of hydrogen-bond donors (Lipinski definition) is 1. The zero-order chi connectivity index (χ0) is 22.7. The van der Waals surface area contributed by atoms with Crippen LogP contribution in [-0.2, 0) is 11.3 Å². The van der Waals surface area contributed by atoms with Crippen molar-refractivity contribution in [2.24, 2.45) is 0 Å². The van der Waals surface area contributed by atoms with Crippen LogP contribution in [0.25, 0.3) is 33.4 Å². The number of aryl methyl sites for hydroxylation is 2. The molecule has 32 heavy (non-hydrogen) atoms. The Kier molecular flexibility index (Phi) is 6.48. The lowest BCUT2D eigenvalue weighted by Crippen LogP contribution is -2.24. The van der Waals surface area contributed by atoms with Gasteiger partial charge in [0.1, 0.15) is 5.65 Å². The second-order valence-electron chi connectivity index (χ2n) is 7.44. The molecule has 4 rings (SSSR count). The van der Waals surface area contributed by atoms with E-state index in [4.69, 9.17) is 16.3 Å². The summed E-state index contributed by atoms with van der Waals surface area (Å²) >= 11 is 6.67. The van der Waals surface area contributed by atoms with Crippen molar-refractivity contribution in [3.8, 4) is 22.4 Å². The predicted octanol–water partition coefficient (Wildman–Crippen LogP) is 4.56. The van der Waals surface area contributed by atoms with Gasteiger partial charge in [-0.15, -0.1) is 0 Å². The molecule has 164 valence electrons. The topological polar surface area (TPSA) is 81.9 Å². The average molecular weight is 450 g/mol. The van der Waals surface area contributed by atoms with Crippen LogP contribution in [0, 0.1) is 6.92 Å². The van der Waals surface area contributed by atoms with Crippen LogP contribution >= 0.6 is 11.6 Å². The second kappa shape index (κ2) is 9.46. The molecule has 0 atom stereocenters. The van der Waals surface area contributed by atoms with Gasteiger partial charge in [0, 0.05) is 66.3 Å². The van der Waals surface area contributed by atoms with Crippen LogP contribution in [0.2, 0.25) is 5.02 Å². The molecule has 4 aromatic rings. The van der Waals surface area contributed by atoms with Gasteiger partial charge in [0.05, 0.1) is 5.69 Å². The highest BCUT2D eigenvalue weighted by molar-refractivity contribution is 6.33. The molecule has 0 spiro atoms. The lowest BCUT2D eigenvalue weighted by Gasteiger charge is -2.14. The number of aromatic nitrogens is 4. The molecule has 0 bridgehead atoms. The monoisotopic (exact) mass is 449 g/mol. The number of nitrogens with one attached hydrogen (secondary N) is 1. The Morgan fingerprint density at radius 1 is 1.12 bits per heavy atom. The normalized spacial score (nSPS) is 11.1. The molecule has 0 aliphatic rings. The van der Waals surface area contributed by atoms with E-state index in [9.17, 15) is 4.79 Å². The van der Waals surface area contributed by atoms with Gasteiger partial charge in [0.25, 0.3) is 5.56 Å². The highest BCUT2D eigenvalue weighted by Gasteiger charge is 2.16. The Morgan fingerprint density at radius 2 is 1.97 bits per heavy atom. The van der Waals surface area contributed by atoms with E-state index < -0.39 is 0 Å². The molecule has 3 aromatic heterocycles. The Morgan fingerprint density at radius 3 is 2.69 bits per heavy atom. The maximum absolute atomic E-state index is 13.5. The number of anilines is 1. The van der Waals surface area contributed by atoms with Crippen molar-refractivity contribution in [2.45, 2.75) is 19.9 Å². The molecule has 0 radical (unpaired) electrons. The van der Waals surface area contributed by atoms with E-state index in [1.807, 2.05) is 43.3 Å². The Bertz CT molecular complexity index is 1340. The van der Waals surface area contributed by atoms with Crippen LogP contribution in [-0.4, -0.2) is 40.3 Å². The second-order valence-corrected chi connectivity index (χ2v) is 7.85. The molecule has 0 aliphatic carbocycles. The summed E-state index contributed by atoms with van der Waals surface area (Å²) < 4.78 is 6.84. The minimum Gasteiger partial charge on any atom is -0.385 e. The fraction of sp³-hybridized carbons (Fsp3) is 0.250.